The second-order valence-corrected chi connectivity index (χ2v) is 5.16. The molecule has 2 aromatic rings. The molecule has 1 heterocycles. The van der Waals surface area contributed by atoms with Gasteiger partial charge < -0.3 is 14.5 Å². The van der Waals surface area contributed by atoms with Gasteiger partial charge in [-0.2, -0.15) is 11.8 Å². The summed E-state index contributed by atoms with van der Waals surface area (Å²) in [5, 5.41) is 14.1. The molecule has 0 amide bonds. The number of nitrogens with one attached hydrogen (secondary N) is 1. The van der Waals surface area contributed by atoms with Crippen molar-refractivity contribution in [2.75, 3.05) is 18.7 Å². The molecule has 0 radical (unpaired) electrons. The molecule has 1 aromatic carbocycles. The lowest BCUT2D eigenvalue weighted by Gasteiger charge is -2.06. The van der Waals surface area contributed by atoms with Crippen LogP contribution in [0.2, 0.25) is 0 Å². The summed E-state index contributed by atoms with van der Waals surface area (Å²) in [4.78, 5) is 10.5. The quantitative estimate of drug-likeness (QED) is 0.621. The summed E-state index contributed by atoms with van der Waals surface area (Å²) in [6, 6.07) is 8.59. The van der Waals surface area contributed by atoms with E-state index in [1.165, 1.54) is 13.2 Å². The van der Waals surface area contributed by atoms with Crippen LogP contribution in [0.25, 0.3) is 0 Å². The second kappa shape index (κ2) is 7.03. The summed E-state index contributed by atoms with van der Waals surface area (Å²) >= 11 is 1.69. The van der Waals surface area contributed by atoms with Crippen LogP contribution in [-0.2, 0) is 12.3 Å². The fraction of sp³-hybridized carbons (Fsp3) is 0.286. The first-order chi connectivity index (χ1) is 10.1. The molecule has 6 nitrogen and oxygen atoms in total. The molecule has 2 rings (SSSR count). The topological polar surface area (TPSA) is 77.5 Å². The van der Waals surface area contributed by atoms with Crippen molar-refractivity contribution < 1.29 is 14.1 Å². The predicted molar refractivity (Wildman–Crippen MR) is 82.9 cm³/mol. The van der Waals surface area contributed by atoms with Gasteiger partial charge in [-0.3, -0.25) is 10.1 Å². The Balaban J connectivity index is 2.05. The maximum Gasteiger partial charge on any atom is 0.312 e. The number of nitro groups is 1. The number of ether oxygens (including phenoxy) is 1. The molecule has 0 aliphatic carbocycles. The number of benzene rings is 1. The second-order valence-electron chi connectivity index (χ2n) is 4.30. The molecule has 0 saturated heterocycles. The minimum absolute atomic E-state index is 0.0648. The first-order valence-corrected chi connectivity index (χ1v) is 7.66. The van der Waals surface area contributed by atoms with Crippen molar-refractivity contribution in [2.24, 2.45) is 0 Å². The zero-order valence-corrected chi connectivity index (χ0v) is 12.6. The Labute approximate surface area is 126 Å². The van der Waals surface area contributed by atoms with Gasteiger partial charge in [0.2, 0.25) is 0 Å². The van der Waals surface area contributed by atoms with Crippen molar-refractivity contribution in [3.63, 3.8) is 0 Å². The van der Waals surface area contributed by atoms with Gasteiger partial charge in [-0.1, -0.05) is 0 Å². The van der Waals surface area contributed by atoms with Crippen LogP contribution in [0.5, 0.6) is 5.75 Å². The number of hydrogen-bond donors (Lipinski definition) is 1. The number of anilines is 1. The number of thioether (sulfide) groups is 1. The van der Waals surface area contributed by atoms with Crippen LogP contribution >= 0.6 is 11.8 Å². The molecule has 112 valence electrons. The van der Waals surface area contributed by atoms with Crippen molar-refractivity contribution in [3.05, 3.63) is 52.0 Å². The lowest BCUT2D eigenvalue weighted by molar-refractivity contribution is -0.385. The van der Waals surface area contributed by atoms with Crippen molar-refractivity contribution in [3.8, 4) is 5.75 Å². The average molecular weight is 308 g/mol. The zero-order chi connectivity index (χ0) is 15.2. The number of methoxy groups -OCH3 is 1. The number of hydrogen-bond acceptors (Lipinski definition) is 6. The van der Waals surface area contributed by atoms with Crippen LogP contribution in [0.15, 0.2) is 34.7 Å². The molecule has 0 unspecified atom stereocenters. The zero-order valence-electron chi connectivity index (χ0n) is 11.8. The predicted octanol–water partition coefficient (Wildman–Crippen LogP) is 3.67. The molecule has 21 heavy (non-hydrogen) atoms. The first kappa shape index (κ1) is 15.2. The highest BCUT2D eigenvalue weighted by Gasteiger charge is 2.15. The standard InChI is InChI=1S/C14H16N2O4S/c1-19-14-6-3-10(7-13(14)16(17)18)15-8-11-4-5-12(20-11)9-21-2/h3-7,15H,8-9H2,1-2H3. The largest absolute Gasteiger partial charge is 0.490 e. The first-order valence-electron chi connectivity index (χ1n) is 6.27. The summed E-state index contributed by atoms with van der Waals surface area (Å²) in [7, 11) is 1.41. The molecule has 0 saturated carbocycles. The smallest absolute Gasteiger partial charge is 0.312 e. The molecule has 7 heteroatoms. The lowest BCUT2D eigenvalue weighted by atomic mass is 10.2. The minimum atomic E-state index is -0.465. The van der Waals surface area contributed by atoms with Crippen LogP contribution in [0.3, 0.4) is 0 Å². The highest BCUT2D eigenvalue weighted by molar-refractivity contribution is 7.97. The molecule has 0 aliphatic rings. The van der Waals surface area contributed by atoms with E-state index in [1.807, 2.05) is 18.4 Å². The van der Waals surface area contributed by atoms with E-state index in [0.717, 1.165) is 17.3 Å². The van der Waals surface area contributed by atoms with Gasteiger partial charge in [-0.05, 0) is 30.5 Å². The number of rotatable bonds is 7. The van der Waals surface area contributed by atoms with Gasteiger partial charge >= 0.3 is 5.69 Å². The Kier molecular flexibility index (Phi) is 5.10. The van der Waals surface area contributed by atoms with E-state index in [2.05, 4.69) is 5.32 Å². The van der Waals surface area contributed by atoms with Gasteiger partial charge in [0.15, 0.2) is 5.75 Å². The third-order valence-corrected chi connectivity index (χ3v) is 3.42. The molecular formula is C14H16N2O4S. The van der Waals surface area contributed by atoms with Crippen molar-refractivity contribution in [1.29, 1.82) is 0 Å². The van der Waals surface area contributed by atoms with E-state index in [9.17, 15) is 10.1 Å². The van der Waals surface area contributed by atoms with Gasteiger partial charge in [0.1, 0.15) is 11.5 Å². The van der Waals surface area contributed by atoms with Crippen molar-refractivity contribution in [2.45, 2.75) is 12.3 Å². The summed E-state index contributed by atoms with van der Waals surface area (Å²) in [5.74, 6) is 2.77. The molecule has 0 atom stereocenters. The van der Waals surface area contributed by atoms with Crippen molar-refractivity contribution in [1.82, 2.24) is 0 Å². The maximum absolute atomic E-state index is 11.0. The molecule has 0 aliphatic heterocycles. The Morgan fingerprint density at radius 3 is 2.76 bits per heavy atom. The Hall–Kier alpha value is -2.15. The third kappa shape index (κ3) is 3.91. The molecule has 0 fully saturated rings. The number of nitrogens with zero attached hydrogens (tertiary/aromatic N) is 1. The van der Waals surface area contributed by atoms with Gasteiger partial charge in [-0.15, -0.1) is 0 Å². The van der Waals surface area contributed by atoms with Crippen LogP contribution in [-0.4, -0.2) is 18.3 Å². The lowest BCUT2D eigenvalue weighted by Crippen LogP contribution is -2.00. The van der Waals surface area contributed by atoms with Crippen LogP contribution in [0.4, 0.5) is 11.4 Å². The van der Waals surface area contributed by atoms with Gasteiger partial charge in [-0.25, -0.2) is 0 Å². The molecular weight excluding hydrogens is 292 g/mol. The Morgan fingerprint density at radius 2 is 2.10 bits per heavy atom. The summed E-state index contributed by atoms with van der Waals surface area (Å²) in [5.41, 5.74) is 0.579. The van der Waals surface area contributed by atoms with Crippen molar-refractivity contribution >= 4 is 23.1 Å². The summed E-state index contributed by atoms with van der Waals surface area (Å²) in [6.45, 7) is 0.470. The normalized spacial score (nSPS) is 10.4. The van der Waals surface area contributed by atoms with Gasteiger partial charge in [0.05, 0.1) is 24.3 Å². The van der Waals surface area contributed by atoms with Crippen LogP contribution in [0, 0.1) is 10.1 Å². The van der Waals surface area contributed by atoms with E-state index in [-0.39, 0.29) is 11.4 Å². The van der Waals surface area contributed by atoms with E-state index in [1.54, 1.807) is 23.9 Å². The van der Waals surface area contributed by atoms with E-state index in [0.29, 0.717) is 12.2 Å². The van der Waals surface area contributed by atoms with Crippen LogP contribution < -0.4 is 10.1 Å². The van der Waals surface area contributed by atoms with Gasteiger partial charge in [0.25, 0.3) is 0 Å². The molecule has 1 N–H and O–H groups in total. The van der Waals surface area contributed by atoms with E-state index >= 15 is 0 Å². The molecule has 0 bridgehead atoms. The van der Waals surface area contributed by atoms with Gasteiger partial charge in [0, 0.05) is 11.8 Å². The molecule has 0 spiro atoms. The van der Waals surface area contributed by atoms with Crippen LogP contribution in [0.1, 0.15) is 11.5 Å². The summed E-state index contributed by atoms with van der Waals surface area (Å²) in [6.07, 6.45) is 2.01. The maximum atomic E-state index is 11.0. The number of nitro benzene ring substituents is 1. The minimum Gasteiger partial charge on any atom is -0.490 e. The van der Waals surface area contributed by atoms with E-state index < -0.39 is 4.92 Å². The SMILES string of the molecule is COc1ccc(NCc2ccc(CSC)o2)cc1[N+](=O)[O-]. The highest BCUT2D eigenvalue weighted by Crippen LogP contribution is 2.29. The monoisotopic (exact) mass is 308 g/mol. The van der Waals surface area contributed by atoms with E-state index in [4.69, 9.17) is 9.15 Å². The fourth-order valence-electron chi connectivity index (χ4n) is 1.87. The Bertz CT molecular complexity index is 627. The average Bonchev–Trinajstić information content (AvgIpc) is 2.93. The Morgan fingerprint density at radius 1 is 1.33 bits per heavy atom. The fourth-order valence-corrected chi connectivity index (χ4v) is 2.31. The molecule has 1 aromatic heterocycles. The summed E-state index contributed by atoms with van der Waals surface area (Å²) < 4.78 is 10.6. The highest BCUT2D eigenvalue weighted by atomic mass is 32.2. The number of furan rings is 1. The third-order valence-electron chi connectivity index (χ3n) is 2.85.